The Morgan fingerprint density at radius 3 is 2.40 bits per heavy atom. The van der Waals surface area contributed by atoms with Gasteiger partial charge in [0.15, 0.2) is 0 Å². The fourth-order valence-corrected chi connectivity index (χ4v) is 3.53. The van der Waals surface area contributed by atoms with Crippen LogP contribution < -0.4 is 16.5 Å². The lowest BCUT2D eigenvalue weighted by molar-refractivity contribution is -0.141. The molecule has 3 aromatic heterocycles. The largest absolute Gasteiger partial charge is 0.433 e. The molecular formula is C21H18F3N5O. The van der Waals surface area contributed by atoms with Crippen molar-refractivity contribution in [1.82, 2.24) is 18.9 Å². The molecule has 0 amide bonds. The summed E-state index contributed by atoms with van der Waals surface area (Å²) in [6, 6.07) is 7.47. The molecule has 3 heterocycles. The first kappa shape index (κ1) is 19.6. The van der Waals surface area contributed by atoms with E-state index in [1.807, 2.05) is 0 Å². The summed E-state index contributed by atoms with van der Waals surface area (Å²) in [4.78, 5) is 16.3. The van der Waals surface area contributed by atoms with Crippen molar-refractivity contribution in [2.45, 2.75) is 6.18 Å². The van der Waals surface area contributed by atoms with Crippen LogP contribution in [0.25, 0.3) is 33.9 Å². The molecule has 0 spiro atoms. The third-order valence-corrected chi connectivity index (χ3v) is 4.98. The maximum atomic E-state index is 13.0. The summed E-state index contributed by atoms with van der Waals surface area (Å²) in [5.74, 6) is 0. The van der Waals surface area contributed by atoms with Crippen LogP contribution in [0.3, 0.4) is 0 Å². The highest BCUT2D eigenvalue weighted by atomic mass is 19.4. The van der Waals surface area contributed by atoms with Crippen LogP contribution in [0.4, 0.5) is 18.9 Å². The van der Waals surface area contributed by atoms with E-state index in [1.165, 1.54) is 10.6 Å². The van der Waals surface area contributed by atoms with Gasteiger partial charge in [0.2, 0.25) is 0 Å². The second kappa shape index (κ2) is 6.65. The molecule has 4 aromatic rings. The van der Waals surface area contributed by atoms with E-state index in [-0.39, 0.29) is 5.56 Å². The highest BCUT2D eigenvalue weighted by Crippen LogP contribution is 2.28. The minimum absolute atomic E-state index is 0.242. The average Bonchev–Trinajstić information content (AvgIpc) is 2.68. The smallest absolute Gasteiger partial charge is 0.399 e. The van der Waals surface area contributed by atoms with Gasteiger partial charge < -0.3 is 10.3 Å². The SMILES string of the molecule is C=c1c2cn(C)n(-c3ccc(C(F)(F)F)nc3)c3ccc(N)cc3c1cn(C)c2=O. The van der Waals surface area contributed by atoms with Crippen molar-refractivity contribution in [2.24, 2.45) is 14.1 Å². The predicted molar refractivity (Wildman–Crippen MR) is 111 cm³/mol. The number of hydrogen-bond donors (Lipinski definition) is 1. The van der Waals surface area contributed by atoms with E-state index >= 15 is 0 Å². The van der Waals surface area contributed by atoms with Crippen molar-refractivity contribution >= 4 is 33.9 Å². The third kappa shape index (κ3) is 3.08. The molecule has 1 aromatic carbocycles. The van der Waals surface area contributed by atoms with E-state index in [4.69, 9.17) is 5.73 Å². The predicted octanol–water partition coefficient (Wildman–Crippen LogP) is 3.07. The maximum absolute atomic E-state index is 13.0. The molecule has 0 saturated carbocycles. The normalized spacial score (nSPS) is 11.9. The Morgan fingerprint density at radius 2 is 1.77 bits per heavy atom. The first-order chi connectivity index (χ1) is 14.1. The molecule has 0 aliphatic heterocycles. The first-order valence-electron chi connectivity index (χ1n) is 8.94. The molecule has 30 heavy (non-hydrogen) atoms. The van der Waals surface area contributed by atoms with Gasteiger partial charge in [-0.3, -0.25) is 14.2 Å². The maximum Gasteiger partial charge on any atom is 0.433 e. The molecule has 154 valence electrons. The van der Waals surface area contributed by atoms with Gasteiger partial charge in [-0.15, -0.1) is 0 Å². The second-order valence-corrected chi connectivity index (χ2v) is 7.04. The number of hydrogen-bond acceptors (Lipinski definition) is 3. The molecule has 0 unspecified atom stereocenters. The van der Waals surface area contributed by atoms with E-state index in [0.717, 1.165) is 12.3 Å². The van der Waals surface area contributed by atoms with Crippen LogP contribution in [0.2, 0.25) is 0 Å². The fraction of sp³-hybridized carbons (Fsp3) is 0.143. The number of alkyl halides is 3. The number of rotatable bonds is 1. The molecule has 2 bridgehead atoms. The zero-order chi connectivity index (χ0) is 21.8. The number of nitrogen functional groups attached to an aromatic ring is 1. The lowest BCUT2D eigenvalue weighted by Crippen LogP contribution is -2.25. The first-order valence-corrected chi connectivity index (χ1v) is 8.94. The lowest BCUT2D eigenvalue weighted by atomic mass is 10.1. The second-order valence-electron chi connectivity index (χ2n) is 7.04. The number of anilines is 1. The van der Waals surface area contributed by atoms with Crippen LogP contribution in [0.15, 0.2) is 53.7 Å². The van der Waals surface area contributed by atoms with Gasteiger partial charge in [-0.25, -0.2) is 4.98 Å². The Kier molecular flexibility index (Phi) is 4.34. The molecule has 0 saturated heterocycles. The Balaban J connectivity index is 2.21. The lowest BCUT2D eigenvalue weighted by Gasteiger charge is -2.18. The highest BCUT2D eigenvalue weighted by molar-refractivity contribution is 5.98. The Bertz CT molecular complexity index is 1440. The molecule has 0 fully saturated rings. The molecule has 0 atom stereocenters. The van der Waals surface area contributed by atoms with Gasteiger partial charge in [-0.2, -0.15) is 13.2 Å². The Morgan fingerprint density at radius 1 is 1.03 bits per heavy atom. The van der Waals surface area contributed by atoms with Gasteiger partial charge in [0.25, 0.3) is 5.56 Å². The van der Waals surface area contributed by atoms with Gasteiger partial charge in [-0.05, 0) is 35.6 Å². The number of fused-ring (bicyclic) bond motifs is 4. The monoisotopic (exact) mass is 413 g/mol. The summed E-state index contributed by atoms with van der Waals surface area (Å²) < 4.78 is 43.6. The molecule has 4 rings (SSSR count). The molecule has 0 aliphatic carbocycles. The third-order valence-electron chi connectivity index (χ3n) is 4.98. The Hall–Kier alpha value is -3.75. The average molecular weight is 413 g/mol. The van der Waals surface area contributed by atoms with Crippen LogP contribution in [0.5, 0.6) is 0 Å². The van der Waals surface area contributed by atoms with Crippen LogP contribution in [0.1, 0.15) is 5.69 Å². The minimum atomic E-state index is -4.54. The van der Waals surface area contributed by atoms with Crippen molar-refractivity contribution in [1.29, 1.82) is 0 Å². The van der Waals surface area contributed by atoms with Crippen molar-refractivity contribution in [3.63, 3.8) is 0 Å². The number of aryl methyl sites for hydroxylation is 2. The van der Waals surface area contributed by atoms with Crippen LogP contribution in [-0.4, -0.2) is 18.9 Å². The van der Waals surface area contributed by atoms with E-state index in [2.05, 4.69) is 11.6 Å². The van der Waals surface area contributed by atoms with E-state index < -0.39 is 11.9 Å². The van der Waals surface area contributed by atoms with E-state index in [0.29, 0.717) is 38.3 Å². The summed E-state index contributed by atoms with van der Waals surface area (Å²) >= 11 is 0. The number of nitrogens with zero attached hydrogens (tertiary/aromatic N) is 4. The van der Waals surface area contributed by atoms with Gasteiger partial charge in [0.1, 0.15) is 5.69 Å². The topological polar surface area (TPSA) is 70.8 Å². The summed E-state index contributed by atoms with van der Waals surface area (Å²) in [6.45, 7) is 4.08. The fourth-order valence-electron chi connectivity index (χ4n) is 3.53. The summed E-state index contributed by atoms with van der Waals surface area (Å²) in [5, 5.41) is 2.30. The Labute approximate surface area is 168 Å². The molecule has 0 aliphatic rings. The highest BCUT2D eigenvalue weighted by Gasteiger charge is 2.32. The number of benzene rings is 1. The molecular weight excluding hydrogens is 395 g/mol. The number of halogens is 3. The van der Waals surface area contributed by atoms with Gasteiger partial charge in [0.05, 0.1) is 22.8 Å². The van der Waals surface area contributed by atoms with Gasteiger partial charge in [-0.1, -0.05) is 6.58 Å². The van der Waals surface area contributed by atoms with Crippen LogP contribution in [0, 0.1) is 0 Å². The van der Waals surface area contributed by atoms with Crippen molar-refractivity contribution in [2.75, 3.05) is 5.73 Å². The standard InChI is InChI=1S/C21H18F3N5O/c1-12-16-10-27(2)20(30)17(12)11-28(3)29(18-6-4-13(25)8-15(16)18)14-5-7-19(26-9-14)21(22,23)24/h4-11H,1,25H2,2-3H3. The van der Waals surface area contributed by atoms with Crippen molar-refractivity contribution in [3.8, 4) is 5.69 Å². The van der Waals surface area contributed by atoms with Crippen molar-refractivity contribution in [3.05, 3.63) is 70.2 Å². The van der Waals surface area contributed by atoms with Crippen molar-refractivity contribution < 1.29 is 13.2 Å². The summed E-state index contributed by atoms with van der Waals surface area (Å²) in [6.07, 6.45) is -0.113. The van der Waals surface area contributed by atoms with Crippen LogP contribution in [-0.2, 0) is 20.3 Å². The van der Waals surface area contributed by atoms with E-state index in [9.17, 15) is 18.0 Å². The molecule has 0 radical (unpaired) electrons. The van der Waals surface area contributed by atoms with Gasteiger partial charge >= 0.3 is 6.18 Å². The van der Waals surface area contributed by atoms with Gasteiger partial charge in [0, 0.05) is 42.9 Å². The van der Waals surface area contributed by atoms with Crippen LogP contribution >= 0.6 is 0 Å². The zero-order valence-electron chi connectivity index (χ0n) is 16.2. The minimum Gasteiger partial charge on any atom is -0.399 e. The zero-order valence-corrected chi connectivity index (χ0v) is 16.2. The molecule has 6 nitrogen and oxygen atoms in total. The number of pyridine rings is 2. The number of aromatic nitrogens is 4. The molecule has 9 heteroatoms. The molecule has 2 N–H and O–H groups in total. The van der Waals surface area contributed by atoms with E-state index in [1.54, 1.807) is 54.1 Å². The summed E-state index contributed by atoms with van der Waals surface area (Å²) in [7, 11) is 3.34. The quantitative estimate of drug-likeness (QED) is 0.488. The summed E-state index contributed by atoms with van der Waals surface area (Å²) in [5.41, 5.74) is 6.33. The number of nitrogens with two attached hydrogens (primary N) is 1.